The molecule has 0 N–H and O–H groups in total. The maximum Gasteiger partial charge on any atom is 0.253 e. The number of hydrogen-bond acceptors (Lipinski definition) is 4. The Labute approximate surface area is 185 Å². The number of nitrogens with zero attached hydrogens (tertiary/aromatic N) is 4. The maximum absolute atomic E-state index is 13.9. The van der Waals surface area contributed by atoms with E-state index in [2.05, 4.69) is 20.9 Å². The monoisotopic (exact) mass is 438 g/mol. The highest BCUT2D eigenvalue weighted by molar-refractivity contribution is 6.30. The van der Waals surface area contributed by atoms with Crippen LogP contribution >= 0.6 is 11.6 Å². The fourth-order valence-electron chi connectivity index (χ4n) is 5.19. The van der Waals surface area contributed by atoms with E-state index in [-0.39, 0.29) is 16.5 Å². The molecule has 0 saturated carbocycles. The van der Waals surface area contributed by atoms with Crippen LogP contribution in [0.5, 0.6) is 0 Å². The van der Waals surface area contributed by atoms with Gasteiger partial charge in [-0.05, 0) is 62.4 Å². The van der Waals surface area contributed by atoms with Crippen molar-refractivity contribution in [1.29, 1.82) is 0 Å². The van der Waals surface area contributed by atoms with E-state index in [1.807, 2.05) is 23.1 Å². The molecule has 2 aromatic carbocycles. The predicted molar refractivity (Wildman–Crippen MR) is 120 cm³/mol. The number of likely N-dealkylation sites (tertiary alicyclic amines) is 1. The molecule has 0 unspecified atom stereocenters. The Morgan fingerprint density at radius 1 is 1.00 bits per heavy atom. The van der Waals surface area contributed by atoms with Crippen molar-refractivity contribution in [2.45, 2.75) is 37.6 Å². The number of halogens is 2. The van der Waals surface area contributed by atoms with E-state index < -0.39 is 5.82 Å². The fourth-order valence-corrected chi connectivity index (χ4v) is 5.31. The van der Waals surface area contributed by atoms with Gasteiger partial charge in [0.25, 0.3) is 5.91 Å². The van der Waals surface area contributed by atoms with Crippen LogP contribution in [0, 0.1) is 5.82 Å². The number of carbonyl (C=O) groups is 1. The Balaban J connectivity index is 1.40. The van der Waals surface area contributed by atoms with Gasteiger partial charge in [-0.2, -0.15) is 0 Å². The predicted octanol–water partition coefficient (Wildman–Crippen LogP) is 5.09. The molecule has 31 heavy (non-hydrogen) atoms. The van der Waals surface area contributed by atoms with Crippen molar-refractivity contribution in [2.75, 3.05) is 24.5 Å². The fraction of sp³-hybridized carbons (Fsp3) is 0.375. The number of hydrogen-bond donors (Lipinski definition) is 0. The topological polar surface area (TPSA) is 49.3 Å². The van der Waals surface area contributed by atoms with Crippen LogP contribution in [0.2, 0.25) is 5.02 Å². The Morgan fingerprint density at radius 3 is 2.65 bits per heavy atom. The van der Waals surface area contributed by atoms with Gasteiger partial charge in [0.2, 0.25) is 0 Å². The van der Waals surface area contributed by atoms with Gasteiger partial charge in [0.1, 0.15) is 18.0 Å². The molecule has 2 saturated heterocycles. The summed E-state index contributed by atoms with van der Waals surface area (Å²) < 4.78 is 13.9. The summed E-state index contributed by atoms with van der Waals surface area (Å²) in [4.78, 5) is 26.4. The number of fused-ring (bicyclic) bond motifs is 1. The Kier molecular flexibility index (Phi) is 5.26. The van der Waals surface area contributed by atoms with Gasteiger partial charge < -0.3 is 9.80 Å². The molecule has 1 atom stereocenters. The van der Waals surface area contributed by atoms with Gasteiger partial charge in [0.15, 0.2) is 0 Å². The first-order valence-corrected chi connectivity index (χ1v) is 11.2. The molecule has 7 heteroatoms. The minimum absolute atomic E-state index is 0.0165. The SMILES string of the molecule is O=C(c1ccc(Cl)c(F)c1)N1CCC[C@]2(CCCN2c2ncnc3ccccc23)CC1. The Morgan fingerprint density at radius 2 is 1.81 bits per heavy atom. The van der Waals surface area contributed by atoms with Crippen molar-refractivity contribution in [3.63, 3.8) is 0 Å². The highest BCUT2D eigenvalue weighted by atomic mass is 35.5. The van der Waals surface area contributed by atoms with E-state index in [9.17, 15) is 9.18 Å². The number of rotatable bonds is 2. The van der Waals surface area contributed by atoms with Crippen molar-refractivity contribution in [2.24, 2.45) is 0 Å². The van der Waals surface area contributed by atoms with Crippen molar-refractivity contribution >= 4 is 34.2 Å². The molecule has 3 heterocycles. The Bertz CT molecular complexity index is 1130. The van der Waals surface area contributed by atoms with Gasteiger partial charge in [0, 0.05) is 36.1 Å². The van der Waals surface area contributed by atoms with Gasteiger partial charge in [-0.3, -0.25) is 4.79 Å². The van der Waals surface area contributed by atoms with Crippen LogP contribution in [-0.2, 0) is 0 Å². The first-order valence-electron chi connectivity index (χ1n) is 10.8. The van der Waals surface area contributed by atoms with Crippen LogP contribution < -0.4 is 4.90 Å². The second-order valence-electron chi connectivity index (χ2n) is 8.47. The summed E-state index contributed by atoms with van der Waals surface area (Å²) >= 11 is 5.78. The summed E-state index contributed by atoms with van der Waals surface area (Å²) in [7, 11) is 0. The van der Waals surface area contributed by atoms with Crippen LogP contribution in [0.15, 0.2) is 48.8 Å². The average Bonchev–Trinajstić information content (AvgIpc) is 3.07. The number of anilines is 1. The lowest BCUT2D eigenvalue weighted by atomic mass is 9.87. The molecule has 2 aliphatic heterocycles. The van der Waals surface area contributed by atoms with E-state index in [0.717, 1.165) is 55.4 Å². The number of aromatic nitrogens is 2. The molecular weight excluding hydrogens is 415 g/mol. The lowest BCUT2D eigenvalue weighted by molar-refractivity contribution is 0.0758. The van der Waals surface area contributed by atoms with Crippen LogP contribution in [-0.4, -0.2) is 45.9 Å². The largest absolute Gasteiger partial charge is 0.350 e. The van der Waals surface area contributed by atoms with E-state index >= 15 is 0 Å². The summed E-state index contributed by atoms with van der Waals surface area (Å²) in [5.41, 5.74) is 1.28. The summed E-state index contributed by atoms with van der Waals surface area (Å²) in [6, 6.07) is 12.4. The molecule has 2 fully saturated rings. The molecular formula is C24H24ClFN4O. The summed E-state index contributed by atoms with van der Waals surface area (Å²) in [6.07, 6.45) is 6.61. The highest BCUT2D eigenvalue weighted by Gasteiger charge is 2.43. The normalized spacial score (nSPS) is 21.6. The lowest BCUT2D eigenvalue weighted by Gasteiger charge is -2.39. The maximum atomic E-state index is 13.9. The second kappa shape index (κ2) is 8.08. The van der Waals surface area contributed by atoms with E-state index in [0.29, 0.717) is 18.7 Å². The summed E-state index contributed by atoms with van der Waals surface area (Å²) in [5, 5.41) is 1.10. The summed E-state index contributed by atoms with van der Waals surface area (Å²) in [5.74, 6) is 0.295. The van der Waals surface area contributed by atoms with Gasteiger partial charge in [-0.25, -0.2) is 14.4 Å². The third kappa shape index (κ3) is 3.63. The minimum Gasteiger partial charge on any atom is -0.350 e. The molecule has 3 aromatic rings. The molecule has 5 nitrogen and oxygen atoms in total. The first-order chi connectivity index (χ1) is 15.1. The van der Waals surface area contributed by atoms with Crippen molar-refractivity contribution in [3.05, 3.63) is 65.2 Å². The van der Waals surface area contributed by atoms with Crippen molar-refractivity contribution < 1.29 is 9.18 Å². The highest BCUT2D eigenvalue weighted by Crippen LogP contribution is 2.42. The van der Waals surface area contributed by atoms with Crippen molar-refractivity contribution in [3.8, 4) is 0 Å². The van der Waals surface area contributed by atoms with E-state index in [1.165, 1.54) is 12.1 Å². The molecule has 1 aromatic heterocycles. The number of benzene rings is 2. The van der Waals surface area contributed by atoms with Crippen molar-refractivity contribution in [1.82, 2.24) is 14.9 Å². The molecule has 5 rings (SSSR count). The average molecular weight is 439 g/mol. The zero-order valence-electron chi connectivity index (χ0n) is 17.2. The zero-order chi connectivity index (χ0) is 21.4. The van der Waals surface area contributed by atoms with Gasteiger partial charge in [-0.1, -0.05) is 23.7 Å². The molecule has 0 aliphatic carbocycles. The molecule has 1 spiro atoms. The summed E-state index contributed by atoms with van der Waals surface area (Å²) in [6.45, 7) is 2.27. The number of para-hydroxylation sites is 1. The molecule has 1 amide bonds. The van der Waals surface area contributed by atoms with E-state index in [4.69, 9.17) is 11.6 Å². The molecule has 160 valence electrons. The van der Waals surface area contributed by atoms with Crippen LogP contribution in [0.1, 0.15) is 42.5 Å². The van der Waals surface area contributed by atoms with Crippen LogP contribution in [0.4, 0.5) is 10.2 Å². The number of amides is 1. The van der Waals surface area contributed by atoms with Crippen LogP contribution in [0.3, 0.4) is 0 Å². The molecule has 0 radical (unpaired) electrons. The number of carbonyl (C=O) groups excluding carboxylic acids is 1. The molecule has 0 bridgehead atoms. The third-order valence-corrected chi connectivity index (χ3v) is 7.05. The quantitative estimate of drug-likeness (QED) is 0.559. The zero-order valence-corrected chi connectivity index (χ0v) is 18.0. The van der Waals surface area contributed by atoms with Gasteiger partial charge in [-0.15, -0.1) is 0 Å². The first kappa shape index (κ1) is 20.2. The third-order valence-electron chi connectivity index (χ3n) is 6.74. The lowest BCUT2D eigenvalue weighted by Crippen LogP contribution is -2.45. The molecule has 2 aliphatic rings. The van der Waals surface area contributed by atoms with Gasteiger partial charge in [0.05, 0.1) is 10.5 Å². The minimum atomic E-state index is -0.559. The Hall–Kier alpha value is -2.73. The second-order valence-corrected chi connectivity index (χ2v) is 8.88. The standard InChI is InChI=1S/C24H24ClFN4O/c25-19-8-7-17(15-20(19)26)23(31)29-12-3-9-24(11-14-29)10-4-13-30(24)22-18-5-1-2-6-21(18)27-16-28-22/h1-2,5-8,15-16H,3-4,9-14H2/t24-/m0/s1. The van der Waals surface area contributed by atoms with Gasteiger partial charge >= 0.3 is 0 Å². The smallest absolute Gasteiger partial charge is 0.253 e. The van der Waals surface area contributed by atoms with Crippen LogP contribution in [0.25, 0.3) is 10.9 Å². The van der Waals surface area contributed by atoms with E-state index in [1.54, 1.807) is 12.4 Å².